The normalized spacial score (nSPS) is 10.3. The smallest absolute Gasteiger partial charge is 0.268 e. The summed E-state index contributed by atoms with van der Waals surface area (Å²) in [5.41, 5.74) is 4.48. The fourth-order valence-electron chi connectivity index (χ4n) is 5.47. The Balaban J connectivity index is 0.000000208. The van der Waals surface area contributed by atoms with Gasteiger partial charge in [0.2, 0.25) is 0 Å². The van der Waals surface area contributed by atoms with Crippen LogP contribution in [0.3, 0.4) is 0 Å². The third kappa shape index (κ3) is 9.36. The predicted molar refractivity (Wildman–Crippen MR) is 214 cm³/mol. The molecule has 12 heteroatoms. The average molecular weight is 845 g/mol. The van der Waals surface area contributed by atoms with E-state index in [9.17, 15) is 19.2 Å². The minimum Gasteiger partial charge on any atom is -0.348 e. The number of amides is 2. The Labute approximate surface area is 328 Å². The van der Waals surface area contributed by atoms with E-state index in [1.165, 1.54) is 21.3 Å². The molecular weight excluding hydrogens is 812 g/mol. The lowest BCUT2D eigenvalue weighted by atomic mass is 10.1. The van der Waals surface area contributed by atoms with E-state index in [0.717, 1.165) is 20.1 Å². The number of hydrogen-bond donors (Lipinski definition) is 2. The molecule has 0 bridgehead atoms. The first-order valence-electron chi connectivity index (χ1n) is 16.5. The predicted octanol–water partition coefficient (Wildman–Crippen LogP) is 7.42. The molecule has 2 aromatic heterocycles. The first-order chi connectivity index (χ1) is 26.0. The van der Waals surface area contributed by atoms with Crippen molar-refractivity contribution in [1.82, 2.24) is 19.8 Å². The highest BCUT2D eigenvalue weighted by atomic mass is 79.9. The van der Waals surface area contributed by atoms with Crippen LogP contribution >= 0.6 is 31.9 Å². The van der Waals surface area contributed by atoms with Crippen LogP contribution in [0.5, 0.6) is 0 Å². The van der Waals surface area contributed by atoms with Crippen LogP contribution < -0.4 is 21.8 Å². The van der Waals surface area contributed by atoms with Gasteiger partial charge < -0.3 is 10.6 Å². The number of benzene rings is 4. The Morgan fingerprint density at radius 3 is 1.57 bits per heavy atom. The second kappa shape index (κ2) is 17.9. The van der Waals surface area contributed by atoms with Crippen LogP contribution in [0.2, 0.25) is 0 Å². The molecule has 4 aromatic carbocycles. The number of nitrogens with zero attached hydrogens (tertiary/aromatic N) is 4. The number of aryl methyl sites for hydroxylation is 2. The highest BCUT2D eigenvalue weighted by Gasteiger charge is 2.17. The quantitative estimate of drug-likeness (QED) is 0.163. The van der Waals surface area contributed by atoms with Crippen molar-refractivity contribution in [3.8, 4) is 23.5 Å². The average Bonchev–Trinajstić information content (AvgIpc) is 3.17. The van der Waals surface area contributed by atoms with Gasteiger partial charge in [-0.2, -0.15) is 10.5 Å². The zero-order valence-corrected chi connectivity index (χ0v) is 32.3. The Morgan fingerprint density at radius 1 is 0.611 bits per heavy atom. The monoisotopic (exact) mass is 842 g/mol. The second-order valence-electron chi connectivity index (χ2n) is 12.0. The Bertz CT molecular complexity index is 2570. The molecule has 2 heterocycles. The van der Waals surface area contributed by atoms with Gasteiger partial charge in [-0.25, -0.2) is 0 Å². The van der Waals surface area contributed by atoms with Gasteiger partial charge in [0.15, 0.2) is 0 Å². The third-order valence-corrected chi connectivity index (χ3v) is 9.58. The van der Waals surface area contributed by atoms with E-state index in [2.05, 4.69) is 54.6 Å². The number of hydrogen-bond acceptors (Lipinski definition) is 6. The van der Waals surface area contributed by atoms with Crippen LogP contribution in [-0.2, 0) is 13.1 Å². The summed E-state index contributed by atoms with van der Waals surface area (Å²) in [4.78, 5) is 50.9. The molecule has 0 atom stereocenters. The summed E-state index contributed by atoms with van der Waals surface area (Å²) in [5.74, 6) is -0.881. The number of nitrogens with one attached hydrogen (secondary N) is 2. The molecule has 10 nitrogen and oxygen atoms in total. The lowest BCUT2D eigenvalue weighted by Gasteiger charge is -2.13. The van der Waals surface area contributed by atoms with E-state index in [1.807, 2.05) is 48.5 Å². The van der Waals surface area contributed by atoms with Gasteiger partial charge in [-0.15, -0.1) is 0 Å². The maximum Gasteiger partial charge on any atom is 0.268 e. The molecule has 0 aliphatic heterocycles. The summed E-state index contributed by atoms with van der Waals surface area (Å²) in [6.07, 6.45) is 0. The van der Waals surface area contributed by atoms with E-state index < -0.39 is 22.9 Å². The van der Waals surface area contributed by atoms with Crippen molar-refractivity contribution in [1.29, 1.82) is 10.5 Å². The number of pyridine rings is 2. The maximum atomic E-state index is 12.9. The van der Waals surface area contributed by atoms with Gasteiger partial charge in [0.1, 0.15) is 11.1 Å². The summed E-state index contributed by atoms with van der Waals surface area (Å²) in [5, 5.41) is 23.7. The molecule has 0 saturated carbocycles. The Morgan fingerprint density at radius 2 is 1.09 bits per heavy atom. The van der Waals surface area contributed by atoms with Gasteiger partial charge >= 0.3 is 0 Å². The Kier molecular flexibility index (Phi) is 12.9. The molecule has 0 unspecified atom stereocenters. The van der Waals surface area contributed by atoms with Crippen molar-refractivity contribution in [3.05, 3.63) is 196 Å². The fraction of sp³-hybridized carbons (Fsp3) is 0.0952. The highest BCUT2D eigenvalue weighted by molar-refractivity contribution is 9.10. The molecular formula is C42H32Br2N6O4. The molecule has 0 radical (unpaired) electrons. The summed E-state index contributed by atoms with van der Waals surface area (Å²) >= 11 is 6.81. The largest absolute Gasteiger partial charge is 0.348 e. The van der Waals surface area contributed by atoms with Crippen molar-refractivity contribution >= 4 is 43.7 Å². The fourth-order valence-corrected chi connectivity index (χ4v) is 6.16. The molecule has 54 heavy (non-hydrogen) atoms. The molecule has 6 aromatic rings. The lowest BCUT2D eigenvalue weighted by molar-refractivity contribution is 0.0941. The van der Waals surface area contributed by atoms with Crippen molar-refractivity contribution in [2.75, 3.05) is 0 Å². The van der Waals surface area contributed by atoms with Crippen LogP contribution in [0.1, 0.15) is 54.4 Å². The van der Waals surface area contributed by atoms with Gasteiger partial charge in [-0.05, 0) is 104 Å². The molecule has 0 aliphatic carbocycles. The van der Waals surface area contributed by atoms with Gasteiger partial charge in [-0.1, -0.05) is 74.3 Å². The number of carbonyl (C=O) groups is 2. The first kappa shape index (κ1) is 38.9. The molecule has 6 rings (SSSR count). The van der Waals surface area contributed by atoms with Crippen LogP contribution in [-0.4, -0.2) is 20.9 Å². The van der Waals surface area contributed by atoms with Crippen molar-refractivity contribution < 1.29 is 9.59 Å². The van der Waals surface area contributed by atoms with Crippen molar-refractivity contribution in [2.45, 2.75) is 26.9 Å². The van der Waals surface area contributed by atoms with Crippen LogP contribution in [0.4, 0.5) is 0 Å². The molecule has 0 spiro atoms. The molecule has 2 amide bonds. The third-order valence-electron chi connectivity index (χ3n) is 8.27. The van der Waals surface area contributed by atoms with E-state index in [4.69, 9.17) is 10.5 Å². The topological polar surface area (TPSA) is 150 Å². The number of rotatable bonds is 8. The van der Waals surface area contributed by atoms with E-state index in [-0.39, 0.29) is 11.1 Å². The lowest BCUT2D eigenvalue weighted by Crippen LogP contribution is -2.33. The summed E-state index contributed by atoms with van der Waals surface area (Å²) < 4.78 is 4.72. The number of carbonyl (C=O) groups excluding carboxylic acids is 2. The Hall–Kier alpha value is -6.34. The zero-order chi connectivity index (χ0) is 38.8. The molecule has 2 N–H and O–H groups in total. The first-order valence-corrected chi connectivity index (χ1v) is 18.1. The van der Waals surface area contributed by atoms with Crippen LogP contribution in [0.25, 0.3) is 11.4 Å². The van der Waals surface area contributed by atoms with Crippen molar-refractivity contribution in [3.63, 3.8) is 0 Å². The van der Waals surface area contributed by atoms with Crippen LogP contribution in [0, 0.1) is 36.5 Å². The number of nitriles is 2. The van der Waals surface area contributed by atoms with E-state index in [0.29, 0.717) is 47.0 Å². The van der Waals surface area contributed by atoms with E-state index in [1.54, 1.807) is 74.5 Å². The zero-order valence-electron chi connectivity index (χ0n) is 29.1. The summed E-state index contributed by atoms with van der Waals surface area (Å²) in [7, 11) is 0. The van der Waals surface area contributed by atoms with Gasteiger partial charge in [-0.3, -0.25) is 28.3 Å². The van der Waals surface area contributed by atoms with E-state index >= 15 is 0 Å². The summed E-state index contributed by atoms with van der Waals surface area (Å²) in [6, 6.07) is 39.2. The summed E-state index contributed by atoms with van der Waals surface area (Å²) in [6.45, 7) is 4.19. The minimum atomic E-state index is -0.444. The van der Waals surface area contributed by atoms with Crippen molar-refractivity contribution in [2.24, 2.45) is 0 Å². The minimum absolute atomic E-state index is 0.0509. The second-order valence-corrected chi connectivity index (χ2v) is 13.7. The van der Waals surface area contributed by atoms with Gasteiger partial charge in [0, 0.05) is 33.4 Å². The standard InChI is InChI=1S/2C21H16BrN3O2/c1-14-9-10-18(20(26)24-13-16-6-2-3-8-19(16)22)21(27)25(14)17-7-4-5-15(11-17)12-23;1-14-5-10-19(20(26)24-13-15-6-8-17(22)9-7-15)21(27)25(14)18-4-2-3-16(11-18)12-23/h2*2-11H,13H2,1H3,(H,24,26). The highest BCUT2D eigenvalue weighted by Crippen LogP contribution is 2.17. The molecule has 268 valence electrons. The SMILES string of the molecule is Cc1ccc(C(=O)NCc2ccc(Br)cc2)c(=O)n1-c1cccc(C#N)c1.Cc1ccc(C(=O)NCc2ccccc2Br)c(=O)n1-c1cccc(C#N)c1. The molecule has 0 saturated heterocycles. The number of aromatic nitrogens is 2. The molecule has 0 fully saturated rings. The van der Waals surface area contributed by atoms with Gasteiger partial charge in [0.25, 0.3) is 22.9 Å². The maximum absolute atomic E-state index is 12.9. The van der Waals surface area contributed by atoms with Gasteiger partial charge in [0.05, 0.1) is 34.6 Å². The number of halogens is 2. The molecule has 0 aliphatic rings. The van der Waals surface area contributed by atoms with Crippen LogP contribution in [0.15, 0.2) is 140 Å².